The number of hydrogen-bond acceptors (Lipinski definition) is 5. The van der Waals surface area contributed by atoms with Crippen LogP contribution >= 0.6 is 11.6 Å². The highest BCUT2D eigenvalue weighted by molar-refractivity contribution is 7.89. The van der Waals surface area contributed by atoms with E-state index in [1.165, 1.54) is 32.2 Å². The van der Waals surface area contributed by atoms with Crippen LogP contribution in [0.2, 0.25) is 5.02 Å². The summed E-state index contributed by atoms with van der Waals surface area (Å²) in [6, 6.07) is 4.22. The number of nitrogens with one attached hydrogen (secondary N) is 1. The van der Waals surface area contributed by atoms with Gasteiger partial charge in [-0.2, -0.15) is 0 Å². The SMILES string of the molecule is COc1ccc(Cl)cc1S(=O)(=O)NCCOC(C)C(=O)O. The van der Waals surface area contributed by atoms with Crippen LogP contribution in [0.4, 0.5) is 0 Å². The van der Waals surface area contributed by atoms with Crippen molar-refractivity contribution in [1.29, 1.82) is 0 Å². The molecule has 9 heteroatoms. The molecule has 0 saturated carbocycles. The van der Waals surface area contributed by atoms with Crippen molar-refractivity contribution in [3.63, 3.8) is 0 Å². The van der Waals surface area contributed by atoms with Gasteiger partial charge in [0, 0.05) is 11.6 Å². The number of carboxylic acids is 1. The molecule has 1 rings (SSSR count). The molecular weight excluding hydrogens is 322 g/mol. The van der Waals surface area contributed by atoms with Gasteiger partial charge in [-0.05, 0) is 25.1 Å². The number of hydrogen-bond donors (Lipinski definition) is 2. The predicted molar refractivity (Wildman–Crippen MR) is 76.2 cm³/mol. The Morgan fingerprint density at radius 3 is 2.71 bits per heavy atom. The molecule has 0 bridgehead atoms. The number of methoxy groups -OCH3 is 1. The zero-order valence-corrected chi connectivity index (χ0v) is 13.1. The number of aliphatic carboxylic acids is 1. The molecule has 118 valence electrons. The lowest BCUT2D eigenvalue weighted by Gasteiger charge is -2.12. The van der Waals surface area contributed by atoms with E-state index in [0.29, 0.717) is 0 Å². The summed E-state index contributed by atoms with van der Waals surface area (Å²) in [5, 5.41) is 8.88. The highest BCUT2D eigenvalue weighted by Crippen LogP contribution is 2.26. The molecule has 0 aromatic heterocycles. The minimum Gasteiger partial charge on any atom is -0.495 e. The Kier molecular flexibility index (Phi) is 6.41. The average molecular weight is 338 g/mol. The summed E-state index contributed by atoms with van der Waals surface area (Å²) in [4.78, 5) is 10.4. The molecule has 2 N–H and O–H groups in total. The van der Waals surface area contributed by atoms with Crippen LogP contribution < -0.4 is 9.46 Å². The molecule has 0 aliphatic carbocycles. The maximum Gasteiger partial charge on any atom is 0.332 e. The first-order chi connectivity index (χ1) is 9.77. The van der Waals surface area contributed by atoms with Crippen LogP contribution in [0.15, 0.2) is 23.1 Å². The maximum absolute atomic E-state index is 12.1. The van der Waals surface area contributed by atoms with E-state index in [2.05, 4.69) is 4.72 Å². The number of carboxylic acid groups (broad SMARTS) is 1. The second-order valence-electron chi connectivity index (χ2n) is 4.04. The molecule has 0 fully saturated rings. The molecule has 0 aliphatic heterocycles. The van der Waals surface area contributed by atoms with Gasteiger partial charge in [0.15, 0.2) is 6.10 Å². The molecule has 0 aliphatic rings. The number of benzene rings is 1. The highest BCUT2D eigenvalue weighted by Gasteiger charge is 2.20. The van der Waals surface area contributed by atoms with Crippen LogP contribution in [0.3, 0.4) is 0 Å². The minimum atomic E-state index is -3.83. The molecule has 0 spiro atoms. The Balaban J connectivity index is 2.70. The molecule has 1 aromatic carbocycles. The van der Waals surface area contributed by atoms with Gasteiger partial charge in [-0.1, -0.05) is 11.6 Å². The van der Waals surface area contributed by atoms with E-state index in [-0.39, 0.29) is 28.8 Å². The fourth-order valence-corrected chi connectivity index (χ4v) is 2.86. The van der Waals surface area contributed by atoms with Gasteiger partial charge in [-0.25, -0.2) is 17.9 Å². The van der Waals surface area contributed by atoms with Crippen LogP contribution in [-0.2, 0) is 19.6 Å². The lowest BCUT2D eigenvalue weighted by Crippen LogP contribution is -2.30. The molecular formula is C12H16ClNO6S. The van der Waals surface area contributed by atoms with Crippen molar-refractivity contribution in [2.24, 2.45) is 0 Å². The average Bonchev–Trinajstić information content (AvgIpc) is 2.43. The summed E-state index contributed by atoms with van der Waals surface area (Å²) in [6.07, 6.45) is -1.00. The number of carbonyl (C=O) groups is 1. The third-order valence-electron chi connectivity index (χ3n) is 2.52. The largest absolute Gasteiger partial charge is 0.495 e. The monoisotopic (exact) mass is 337 g/mol. The molecule has 0 heterocycles. The first-order valence-corrected chi connectivity index (χ1v) is 7.81. The van der Waals surface area contributed by atoms with Gasteiger partial charge < -0.3 is 14.6 Å². The Morgan fingerprint density at radius 2 is 2.14 bits per heavy atom. The van der Waals surface area contributed by atoms with E-state index in [1.54, 1.807) is 0 Å². The molecule has 0 amide bonds. The maximum atomic E-state index is 12.1. The van der Waals surface area contributed by atoms with Crippen molar-refractivity contribution >= 4 is 27.6 Å². The third kappa shape index (κ3) is 5.16. The Morgan fingerprint density at radius 1 is 1.48 bits per heavy atom. The van der Waals surface area contributed by atoms with Crippen molar-refractivity contribution in [2.45, 2.75) is 17.9 Å². The van der Waals surface area contributed by atoms with E-state index in [9.17, 15) is 13.2 Å². The van der Waals surface area contributed by atoms with E-state index in [4.69, 9.17) is 26.2 Å². The van der Waals surface area contributed by atoms with E-state index < -0.39 is 22.1 Å². The number of rotatable bonds is 8. The summed E-state index contributed by atoms with van der Waals surface area (Å²) in [5.41, 5.74) is 0. The molecule has 7 nitrogen and oxygen atoms in total. The van der Waals surface area contributed by atoms with Gasteiger partial charge in [0.1, 0.15) is 10.6 Å². The lowest BCUT2D eigenvalue weighted by molar-refractivity contribution is -0.148. The normalized spacial score (nSPS) is 12.9. The van der Waals surface area contributed by atoms with E-state index in [0.717, 1.165) is 0 Å². The standard InChI is InChI=1S/C12H16ClNO6S/c1-8(12(15)16)20-6-5-14-21(17,18)11-7-9(13)3-4-10(11)19-2/h3-4,7-8,14H,5-6H2,1-2H3,(H,15,16). The molecule has 0 radical (unpaired) electrons. The summed E-state index contributed by atoms with van der Waals surface area (Å²) < 4.78 is 36.4. The van der Waals surface area contributed by atoms with Crippen molar-refractivity contribution < 1.29 is 27.8 Å². The van der Waals surface area contributed by atoms with Gasteiger partial charge in [-0.3, -0.25) is 0 Å². The van der Waals surface area contributed by atoms with Crippen molar-refractivity contribution in [3.05, 3.63) is 23.2 Å². The summed E-state index contributed by atoms with van der Waals surface area (Å²) >= 11 is 5.78. The van der Waals surface area contributed by atoms with Crippen molar-refractivity contribution in [1.82, 2.24) is 4.72 Å². The second-order valence-corrected chi connectivity index (χ2v) is 6.22. The Bertz CT molecular complexity index is 604. The second kappa shape index (κ2) is 7.60. The van der Waals surface area contributed by atoms with E-state index in [1.807, 2.05) is 0 Å². The van der Waals surface area contributed by atoms with Gasteiger partial charge in [0.2, 0.25) is 10.0 Å². The summed E-state index contributed by atoms with van der Waals surface area (Å²) in [7, 11) is -2.48. The topological polar surface area (TPSA) is 102 Å². The first kappa shape index (κ1) is 17.7. The summed E-state index contributed by atoms with van der Waals surface area (Å²) in [6.45, 7) is 1.21. The number of sulfonamides is 1. The van der Waals surface area contributed by atoms with Gasteiger partial charge >= 0.3 is 5.97 Å². The van der Waals surface area contributed by atoms with Crippen LogP contribution in [0.1, 0.15) is 6.92 Å². The Labute approximate surface area is 127 Å². The highest BCUT2D eigenvalue weighted by atomic mass is 35.5. The Hall–Kier alpha value is -1.35. The molecule has 21 heavy (non-hydrogen) atoms. The first-order valence-electron chi connectivity index (χ1n) is 5.95. The number of ether oxygens (including phenoxy) is 2. The van der Waals surface area contributed by atoms with Crippen LogP contribution in [0.25, 0.3) is 0 Å². The smallest absolute Gasteiger partial charge is 0.332 e. The van der Waals surface area contributed by atoms with Crippen LogP contribution in [0.5, 0.6) is 5.75 Å². The fourth-order valence-electron chi connectivity index (χ4n) is 1.42. The van der Waals surface area contributed by atoms with Gasteiger partial charge in [-0.15, -0.1) is 0 Å². The van der Waals surface area contributed by atoms with Crippen molar-refractivity contribution in [2.75, 3.05) is 20.3 Å². The summed E-state index contributed by atoms with van der Waals surface area (Å²) in [5.74, 6) is -0.957. The molecule has 1 atom stereocenters. The molecule has 1 unspecified atom stereocenters. The predicted octanol–water partition coefficient (Wildman–Crippen LogP) is 1.12. The van der Waals surface area contributed by atoms with Crippen LogP contribution in [-0.4, -0.2) is 45.9 Å². The van der Waals surface area contributed by atoms with Crippen LogP contribution in [0, 0.1) is 0 Å². The minimum absolute atomic E-state index is 0.0738. The van der Waals surface area contributed by atoms with Crippen molar-refractivity contribution in [3.8, 4) is 5.75 Å². The molecule has 0 saturated heterocycles. The van der Waals surface area contributed by atoms with Gasteiger partial charge in [0.25, 0.3) is 0 Å². The quantitative estimate of drug-likeness (QED) is 0.689. The van der Waals surface area contributed by atoms with E-state index >= 15 is 0 Å². The zero-order valence-electron chi connectivity index (χ0n) is 11.5. The zero-order chi connectivity index (χ0) is 16.0. The van der Waals surface area contributed by atoms with Gasteiger partial charge in [0.05, 0.1) is 13.7 Å². The fraction of sp³-hybridized carbons (Fsp3) is 0.417. The molecule has 1 aromatic rings. The lowest BCUT2D eigenvalue weighted by atomic mass is 10.3. The third-order valence-corrected chi connectivity index (χ3v) is 4.24. The number of halogens is 1.